The van der Waals surface area contributed by atoms with Gasteiger partial charge < -0.3 is 5.73 Å². The van der Waals surface area contributed by atoms with Crippen LogP contribution < -0.4 is 10.5 Å². The van der Waals surface area contributed by atoms with E-state index in [0.717, 1.165) is 32.4 Å². The van der Waals surface area contributed by atoms with E-state index < -0.39 is 10.0 Å². The van der Waals surface area contributed by atoms with Gasteiger partial charge in [-0.1, -0.05) is 0 Å². The van der Waals surface area contributed by atoms with E-state index in [1.54, 1.807) is 18.2 Å². The van der Waals surface area contributed by atoms with E-state index in [0.29, 0.717) is 16.2 Å². The van der Waals surface area contributed by atoms with Crippen molar-refractivity contribution in [2.24, 2.45) is 0 Å². The molecule has 3 N–H and O–H groups in total. The van der Waals surface area contributed by atoms with Gasteiger partial charge in [0.2, 0.25) is 10.0 Å². The second-order valence-corrected chi connectivity index (χ2v) is 8.01. The molecule has 2 aliphatic rings. The highest BCUT2D eigenvalue weighted by Crippen LogP contribution is 2.29. The molecule has 0 aromatic heterocycles. The van der Waals surface area contributed by atoms with Gasteiger partial charge in [0.05, 0.1) is 4.90 Å². The van der Waals surface area contributed by atoms with Gasteiger partial charge in [0.15, 0.2) is 0 Å². The van der Waals surface area contributed by atoms with Gasteiger partial charge in [-0.3, -0.25) is 4.90 Å². The van der Waals surface area contributed by atoms with Crippen molar-refractivity contribution in [2.45, 2.75) is 36.2 Å². The van der Waals surface area contributed by atoms with Gasteiger partial charge in [0.1, 0.15) is 0 Å². The van der Waals surface area contributed by atoms with Crippen LogP contribution in [0, 0.1) is 0 Å². The summed E-state index contributed by atoms with van der Waals surface area (Å²) >= 11 is 3.27. The second-order valence-electron chi connectivity index (χ2n) is 5.45. The molecule has 7 heteroatoms. The molecule has 20 heavy (non-hydrogen) atoms. The first kappa shape index (κ1) is 14.3. The lowest BCUT2D eigenvalue weighted by molar-refractivity contribution is 0.309. The molecule has 1 aromatic carbocycles. The molecule has 2 aliphatic heterocycles. The minimum absolute atomic E-state index is 0.0267. The van der Waals surface area contributed by atoms with Crippen LogP contribution in [-0.4, -0.2) is 38.5 Å². The molecule has 2 unspecified atom stereocenters. The number of nitrogens with two attached hydrogens (primary N) is 1. The summed E-state index contributed by atoms with van der Waals surface area (Å²) < 4.78 is 28.4. The number of fused-ring (bicyclic) bond motifs is 1. The van der Waals surface area contributed by atoms with E-state index in [1.165, 1.54) is 0 Å². The summed E-state index contributed by atoms with van der Waals surface area (Å²) in [5.41, 5.74) is 6.23. The molecule has 0 radical (unpaired) electrons. The Hall–Kier alpha value is -0.630. The Bertz CT molecular complexity index is 620. The van der Waals surface area contributed by atoms with Crippen molar-refractivity contribution in [3.05, 3.63) is 22.7 Å². The summed E-state index contributed by atoms with van der Waals surface area (Å²) in [6.45, 7) is 2.08. The van der Waals surface area contributed by atoms with Gasteiger partial charge in [-0.05, 0) is 59.9 Å². The zero-order chi connectivity index (χ0) is 14.3. The van der Waals surface area contributed by atoms with Crippen molar-refractivity contribution in [3.8, 4) is 0 Å². The van der Waals surface area contributed by atoms with Crippen LogP contribution in [0.2, 0.25) is 0 Å². The fourth-order valence-electron chi connectivity index (χ4n) is 3.16. The molecular weight excluding hydrogens is 342 g/mol. The molecule has 2 saturated heterocycles. The molecule has 2 fully saturated rings. The SMILES string of the molecule is Nc1ccc(S(=O)(=O)NC2CCN3CCCC23)cc1Br. The van der Waals surface area contributed by atoms with Crippen molar-refractivity contribution < 1.29 is 8.42 Å². The quantitative estimate of drug-likeness (QED) is 0.802. The van der Waals surface area contributed by atoms with Gasteiger partial charge >= 0.3 is 0 Å². The van der Waals surface area contributed by atoms with Gasteiger partial charge in [-0.25, -0.2) is 13.1 Å². The fraction of sp³-hybridized carbons (Fsp3) is 0.538. The molecule has 0 spiro atoms. The second kappa shape index (κ2) is 5.29. The van der Waals surface area contributed by atoms with Crippen LogP contribution in [0.1, 0.15) is 19.3 Å². The largest absolute Gasteiger partial charge is 0.398 e. The van der Waals surface area contributed by atoms with Gasteiger partial charge in [0.25, 0.3) is 0 Å². The molecule has 1 aromatic rings. The highest BCUT2D eigenvalue weighted by molar-refractivity contribution is 9.10. The first-order chi connectivity index (χ1) is 9.47. The number of rotatable bonds is 3. The Balaban J connectivity index is 1.80. The maximum atomic E-state index is 12.4. The molecule has 3 rings (SSSR count). The zero-order valence-corrected chi connectivity index (χ0v) is 13.5. The van der Waals surface area contributed by atoms with Crippen LogP contribution in [0.3, 0.4) is 0 Å². The third-order valence-corrected chi connectivity index (χ3v) is 6.37. The van der Waals surface area contributed by atoms with E-state index >= 15 is 0 Å². The molecule has 0 bridgehead atoms. The number of sulfonamides is 1. The predicted octanol–water partition coefficient (Wildman–Crippen LogP) is 1.55. The lowest BCUT2D eigenvalue weighted by atomic mass is 10.1. The average Bonchev–Trinajstić information content (AvgIpc) is 2.97. The Morgan fingerprint density at radius 1 is 1.30 bits per heavy atom. The molecular formula is C13H18BrN3O2S. The Morgan fingerprint density at radius 3 is 2.85 bits per heavy atom. The summed E-state index contributed by atoms with van der Waals surface area (Å²) in [6, 6.07) is 5.10. The van der Waals surface area contributed by atoms with Crippen molar-refractivity contribution >= 4 is 31.6 Å². The highest BCUT2D eigenvalue weighted by atomic mass is 79.9. The molecule has 2 heterocycles. The highest BCUT2D eigenvalue weighted by Gasteiger charge is 2.39. The van der Waals surface area contributed by atoms with Crippen LogP contribution >= 0.6 is 15.9 Å². The number of hydrogen-bond acceptors (Lipinski definition) is 4. The van der Waals surface area contributed by atoms with Crippen LogP contribution in [-0.2, 0) is 10.0 Å². The number of nitrogens with zero attached hydrogens (tertiary/aromatic N) is 1. The van der Waals surface area contributed by atoms with Crippen molar-refractivity contribution in [1.29, 1.82) is 0 Å². The van der Waals surface area contributed by atoms with Crippen molar-refractivity contribution in [2.75, 3.05) is 18.8 Å². The number of hydrogen-bond donors (Lipinski definition) is 2. The molecule has 0 amide bonds. The van der Waals surface area contributed by atoms with Crippen LogP contribution in [0.4, 0.5) is 5.69 Å². The summed E-state index contributed by atoms with van der Waals surface area (Å²) in [7, 11) is -3.48. The number of benzene rings is 1. The molecule has 0 aliphatic carbocycles. The van der Waals surface area contributed by atoms with Crippen LogP contribution in [0.5, 0.6) is 0 Å². The van der Waals surface area contributed by atoms with Gasteiger partial charge in [-0.2, -0.15) is 0 Å². The third kappa shape index (κ3) is 2.59. The summed E-state index contributed by atoms with van der Waals surface area (Å²) in [4.78, 5) is 2.64. The minimum Gasteiger partial charge on any atom is -0.398 e. The Labute approximate surface area is 127 Å². The van der Waals surface area contributed by atoms with Crippen LogP contribution in [0.25, 0.3) is 0 Å². The van der Waals surface area contributed by atoms with E-state index in [1.807, 2.05) is 0 Å². The first-order valence-electron chi connectivity index (χ1n) is 6.79. The van der Waals surface area contributed by atoms with Gasteiger partial charge in [0, 0.05) is 28.8 Å². The lowest BCUT2D eigenvalue weighted by Crippen LogP contribution is -2.42. The third-order valence-electron chi connectivity index (χ3n) is 4.19. The molecule has 5 nitrogen and oxygen atoms in total. The molecule has 0 saturated carbocycles. The zero-order valence-electron chi connectivity index (χ0n) is 11.0. The number of nitrogen functional groups attached to an aromatic ring is 1. The van der Waals surface area contributed by atoms with Gasteiger partial charge in [-0.15, -0.1) is 0 Å². The summed E-state index contributed by atoms with van der Waals surface area (Å²) in [6.07, 6.45) is 3.13. The number of anilines is 1. The maximum Gasteiger partial charge on any atom is 0.240 e. The minimum atomic E-state index is -3.48. The normalized spacial score (nSPS) is 26.9. The predicted molar refractivity (Wildman–Crippen MR) is 81.9 cm³/mol. The summed E-state index contributed by atoms with van der Waals surface area (Å²) in [5, 5.41) is 0. The average molecular weight is 360 g/mol. The topological polar surface area (TPSA) is 75.4 Å². The number of halogens is 1. The fourth-order valence-corrected chi connectivity index (χ4v) is 5.02. The van der Waals surface area contributed by atoms with E-state index in [2.05, 4.69) is 25.6 Å². The lowest BCUT2D eigenvalue weighted by Gasteiger charge is -2.21. The smallest absolute Gasteiger partial charge is 0.240 e. The van der Waals surface area contributed by atoms with Crippen LogP contribution in [0.15, 0.2) is 27.6 Å². The maximum absolute atomic E-state index is 12.4. The van der Waals surface area contributed by atoms with Crippen molar-refractivity contribution in [3.63, 3.8) is 0 Å². The molecule has 2 atom stereocenters. The Kier molecular flexibility index (Phi) is 3.79. The standard InChI is InChI=1S/C13H18BrN3O2S/c14-10-8-9(3-4-11(10)15)20(18,19)16-12-5-7-17-6-1-2-13(12)17/h3-4,8,12-13,16H,1-2,5-7,15H2. The van der Waals surface area contributed by atoms with E-state index in [9.17, 15) is 8.42 Å². The first-order valence-corrected chi connectivity index (χ1v) is 9.06. The van der Waals surface area contributed by atoms with Crippen molar-refractivity contribution in [1.82, 2.24) is 9.62 Å². The Morgan fingerprint density at radius 2 is 2.10 bits per heavy atom. The monoisotopic (exact) mass is 359 g/mol. The molecule has 110 valence electrons. The van der Waals surface area contributed by atoms with E-state index in [-0.39, 0.29) is 10.9 Å². The summed E-state index contributed by atoms with van der Waals surface area (Å²) in [5.74, 6) is 0. The van der Waals surface area contributed by atoms with E-state index in [4.69, 9.17) is 5.73 Å². The number of nitrogens with one attached hydrogen (secondary N) is 1.